The first-order chi connectivity index (χ1) is 27.2. The van der Waals surface area contributed by atoms with Crippen LogP contribution in [0, 0.1) is 0 Å². The second-order valence-corrected chi connectivity index (χ2v) is 14.2. The molecule has 10 aromatic rings. The average molecular weight is 704 g/mol. The lowest BCUT2D eigenvalue weighted by molar-refractivity contribution is 0.669. The molecule has 1 unspecified atom stereocenters. The van der Waals surface area contributed by atoms with E-state index in [2.05, 4.69) is 187 Å². The van der Waals surface area contributed by atoms with Crippen molar-refractivity contribution in [3.05, 3.63) is 205 Å². The van der Waals surface area contributed by atoms with Gasteiger partial charge in [-0.15, -0.1) is 0 Å². The fourth-order valence-electron chi connectivity index (χ4n) is 8.05. The highest BCUT2D eigenvalue weighted by Crippen LogP contribution is 2.41. The van der Waals surface area contributed by atoms with Crippen LogP contribution in [0.15, 0.2) is 202 Å². The highest BCUT2D eigenvalue weighted by molar-refractivity contribution is 6.24. The maximum absolute atomic E-state index is 6.90. The van der Waals surface area contributed by atoms with Crippen LogP contribution in [0.25, 0.3) is 76.5 Å². The van der Waals surface area contributed by atoms with Crippen LogP contribution in [0.5, 0.6) is 0 Å². The van der Waals surface area contributed by atoms with Gasteiger partial charge in [-0.3, -0.25) is 0 Å². The van der Waals surface area contributed by atoms with Crippen molar-refractivity contribution < 1.29 is 4.42 Å². The number of fused-ring (bicyclic) bond motifs is 6. The number of rotatable bonds is 5. The van der Waals surface area contributed by atoms with Crippen LogP contribution in [-0.2, 0) is 0 Å². The van der Waals surface area contributed by atoms with Crippen molar-refractivity contribution in [1.82, 2.24) is 5.32 Å². The summed E-state index contributed by atoms with van der Waals surface area (Å²) in [4.78, 5) is 10.6. The second-order valence-electron chi connectivity index (χ2n) is 14.2. The third-order valence-electron chi connectivity index (χ3n) is 10.9. The number of hydrogen-bond acceptors (Lipinski definition) is 4. The molecule has 0 radical (unpaired) electrons. The molecule has 0 saturated heterocycles. The summed E-state index contributed by atoms with van der Waals surface area (Å²) in [6.07, 6.45) is -0.366. The Morgan fingerprint density at radius 2 is 1.00 bits per heavy atom. The lowest BCUT2D eigenvalue weighted by Gasteiger charge is -2.24. The number of amidine groups is 2. The quantitative estimate of drug-likeness (QED) is 0.194. The molecule has 11 rings (SSSR count). The fourth-order valence-corrected chi connectivity index (χ4v) is 8.05. The second kappa shape index (κ2) is 12.7. The maximum Gasteiger partial charge on any atom is 0.159 e. The van der Waals surface area contributed by atoms with Crippen LogP contribution in [0.3, 0.4) is 0 Å². The molecule has 1 aliphatic rings. The summed E-state index contributed by atoms with van der Waals surface area (Å²) in [6.45, 7) is 0. The normalized spacial score (nSPS) is 14.4. The number of hydrogen-bond donors (Lipinski definition) is 1. The maximum atomic E-state index is 6.90. The summed E-state index contributed by atoms with van der Waals surface area (Å²) in [5, 5.41) is 12.9. The van der Waals surface area contributed by atoms with E-state index in [9.17, 15) is 0 Å². The van der Waals surface area contributed by atoms with Gasteiger partial charge in [0.05, 0.1) is 0 Å². The van der Waals surface area contributed by atoms with E-state index in [0.717, 1.165) is 71.9 Å². The van der Waals surface area contributed by atoms with E-state index in [-0.39, 0.29) is 6.17 Å². The van der Waals surface area contributed by atoms with Gasteiger partial charge in [-0.25, -0.2) is 9.98 Å². The van der Waals surface area contributed by atoms with E-state index in [1.807, 2.05) is 6.07 Å². The van der Waals surface area contributed by atoms with Crippen molar-refractivity contribution in [2.24, 2.45) is 9.98 Å². The summed E-state index contributed by atoms with van der Waals surface area (Å²) < 4.78 is 6.90. The molecular formula is C51H33N3O. The molecule has 1 aromatic heterocycles. The molecule has 4 heteroatoms. The Balaban J connectivity index is 1.12. The molecule has 0 amide bonds. The first-order valence-electron chi connectivity index (χ1n) is 18.7. The Bertz CT molecular complexity index is 3170. The third-order valence-corrected chi connectivity index (χ3v) is 10.9. The van der Waals surface area contributed by atoms with Gasteiger partial charge in [0.1, 0.15) is 23.2 Å². The number of nitrogens with one attached hydrogen (secondary N) is 1. The highest BCUT2D eigenvalue weighted by atomic mass is 16.3. The minimum atomic E-state index is -0.366. The Hall–Kier alpha value is -7.30. The first-order valence-corrected chi connectivity index (χ1v) is 18.7. The van der Waals surface area contributed by atoms with Crippen molar-refractivity contribution in [1.29, 1.82) is 0 Å². The summed E-state index contributed by atoms with van der Waals surface area (Å²) in [7, 11) is 0. The molecule has 0 spiro atoms. The standard InChI is InChI=1S/C51H33N3O/c1-2-10-32(11-3-1)35-18-22-36(23-19-35)49-52-50(42-25-21-34-13-5-7-15-38(34)29-42)54-51(53-49)44-27-26-43(41-24-20-33-12-4-6-14-37(33)28-41)48-47(44)45-30-39-16-8-9-17-40(39)31-46(45)55-48/h1-31,50H,(H,52,53,54). The summed E-state index contributed by atoms with van der Waals surface area (Å²) in [5.41, 5.74) is 9.13. The van der Waals surface area contributed by atoms with Gasteiger partial charge in [-0.1, -0.05) is 152 Å². The average Bonchev–Trinajstić information content (AvgIpc) is 3.63. The van der Waals surface area contributed by atoms with E-state index in [1.54, 1.807) is 0 Å². The number of nitrogens with zero attached hydrogens (tertiary/aromatic N) is 2. The van der Waals surface area contributed by atoms with Crippen LogP contribution in [-0.4, -0.2) is 11.7 Å². The lowest BCUT2D eigenvalue weighted by atomic mass is 9.95. The minimum Gasteiger partial charge on any atom is -0.455 e. The zero-order valence-corrected chi connectivity index (χ0v) is 29.8. The first kappa shape index (κ1) is 31.2. The third kappa shape index (κ3) is 5.46. The molecule has 0 fully saturated rings. The monoisotopic (exact) mass is 703 g/mol. The van der Waals surface area contributed by atoms with Crippen molar-refractivity contribution in [3.63, 3.8) is 0 Å². The van der Waals surface area contributed by atoms with Crippen molar-refractivity contribution in [3.8, 4) is 22.3 Å². The SMILES string of the molecule is c1ccc(-c2ccc(C3=NC(c4ccc5ccccc5c4)NC(c4ccc(-c5ccc6ccccc6c5)c5oc6cc7ccccc7cc6c45)=N3)cc2)cc1. The van der Waals surface area contributed by atoms with E-state index in [4.69, 9.17) is 14.4 Å². The molecule has 4 nitrogen and oxygen atoms in total. The Kier molecular flexibility index (Phi) is 7.20. The predicted octanol–water partition coefficient (Wildman–Crippen LogP) is 12.9. The Labute approximate surface area is 317 Å². The summed E-state index contributed by atoms with van der Waals surface area (Å²) in [5.74, 6) is 1.43. The van der Waals surface area contributed by atoms with E-state index in [1.165, 1.54) is 27.1 Å². The minimum absolute atomic E-state index is 0.366. The van der Waals surface area contributed by atoms with Gasteiger partial charge in [-0.05, 0) is 91.0 Å². The summed E-state index contributed by atoms with van der Waals surface area (Å²) >= 11 is 0. The van der Waals surface area contributed by atoms with Crippen molar-refractivity contribution >= 4 is 65.9 Å². The van der Waals surface area contributed by atoms with E-state index in [0.29, 0.717) is 5.84 Å². The summed E-state index contributed by atoms with van der Waals surface area (Å²) in [6, 6.07) is 66.4. The molecule has 1 atom stereocenters. The molecule has 55 heavy (non-hydrogen) atoms. The fraction of sp³-hybridized carbons (Fsp3) is 0.0196. The van der Waals surface area contributed by atoms with Gasteiger partial charge in [0.2, 0.25) is 0 Å². The topological polar surface area (TPSA) is 49.9 Å². The molecule has 0 bridgehead atoms. The molecule has 1 aliphatic heterocycles. The Morgan fingerprint density at radius 1 is 0.436 bits per heavy atom. The molecule has 0 saturated carbocycles. The van der Waals surface area contributed by atoms with Crippen LogP contribution in [0.2, 0.25) is 0 Å². The largest absolute Gasteiger partial charge is 0.455 e. The number of aliphatic imine (C=N–C) groups is 2. The number of benzene rings is 9. The predicted molar refractivity (Wildman–Crippen MR) is 229 cm³/mol. The van der Waals surface area contributed by atoms with Gasteiger partial charge >= 0.3 is 0 Å². The van der Waals surface area contributed by atoms with Gasteiger partial charge in [-0.2, -0.15) is 0 Å². The van der Waals surface area contributed by atoms with Crippen LogP contribution in [0.4, 0.5) is 0 Å². The van der Waals surface area contributed by atoms with Gasteiger partial charge < -0.3 is 9.73 Å². The lowest BCUT2D eigenvalue weighted by Crippen LogP contribution is -2.33. The van der Waals surface area contributed by atoms with Crippen LogP contribution >= 0.6 is 0 Å². The molecule has 0 aliphatic carbocycles. The molecular weight excluding hydrogens is 671 g/mol. The van der Waals surface area contributed by atoms with Gasteiger partial charge in [0, 0.05) is 27.5 Å². The van der Waals surface area contributed by atoms with E-state index < -0.39 is 0 Å². The molecule has 9 aromatic carbocycles. The molecule has 2 heterocycles. The van der Waals surface area contributed by atoms with Crippen molar-refractivity contribution in [2.45, 2.75) is 6.17 Å². The molecule has 1 N–H and O–H groups in total. The van der Waals surface area contributed by atoms with Crippen LogP contribution < -0.4 is 5.32 Å². The number of furan rings is 1. The van der Waals surface area contributed by atoms with Crippen LogP contribution in [0.1, 0.15) is 22.9 Å². The van der Waals surface area contributed by atoms with Crippen molar-refractivity contribution in [2.75, 3.05) is 0 Å². The highest BCUT2D eigenvalue weighted by Gasteiger charge is 2.26. The Morgan fingerprint density at radius 3 is 1.75 bits per heavy atom. The molecule has 258 valence electrons. The van der Waals surface area contributed by atoms with Gasteiger partial charge in [0.25, 0.3) is 0 Å². The van der Waals surface area contributed by atoms with Gasteiger partial charge in [0.15, 0.2) is 5.84 Å². The van der Waals surface area contributed by atoms with E-state index >= 15 is 0 Å². The smallest absolute Gasteiger partial charge is 0.159 e. The zero-order chi connectivity index (χ0) is 36.3. The zero-order valence-electron chi connectivity index (χ0n) is 29.8.